The normalized spacial score (nSPS) is 11.6. The molecule has 7 heteroatoms. The third-order valence-electron chi connectivity index (χ3n) is 3.80. The highest BCUT2D eigenvalue weighted by Gasteiger charge is 2.17. The van der Waals surface area contributed by atoms with Crippen molar-refractivity contribution in [3.8, 4) is 5.75 Å². The van der Waals surface area contributed by atoms with Gasteiger partial charge in [0.15, 0.2) is 0 Å². The van der Waals surface area contributed by atoms with Crippen molar-refractivity contribution in [3.63, 3.8) is 0 Å². The van der Waals surface area contributed by atoms with Crippen LogP contribution in [0.15, 0.2) is 48.5 Å². The zero-order valence-electron chi connectivity index (χ0n) is 15.4. The van der Waals surface area contributed by atoms with Gasteiger partial charge in [-0.2, -0.15) is 0 Å². The Morgan fingerprint density at radius 1 is 1.11 bits per heavy atom. The van der Waals surface area contributed by atoms with Gasteiger partial charge in [-0.05, 0) is 37.1 Å². The highest BCUT2D eigenvalue weighted by Crippen LogP contribution is 2.25. The molecule has 0 amide bonds. The van der Waals surface area contributed by atoms with Gasteiger partial charge in [0.25, 0.3) is 5.69 Å². The van der Waals surface area contributed by atoms with Crippen LogP contribution in [0.25, 0.3) is 0 Å². The topological polar surface area (TPSA) is 87.9 Å². The van der Waals surface area contributed by atoms with Gasteiger partial charge in [-0.1, -0.05) is 24.3 Å². The van der Waals surface area contributed by atoms with Crippen LogP contribution in [-0.4, -0.2) is 24.1 Å². The van der Waals surface area contributed by atoms with Gasteiger partial charge in [-0.25, -0.2) is 0 Å². The Kier molecular flexibility index (Phi) is 7.76. The van der Waals surface area contributed by atoms with Gasteiger partial charge in [0.2, 0.25) is 0 Å². The Morgan fingerprint density at radius 2 is 1.85 bits per heavy atom. The zero-order chi connectivity index (χ0) is 19.6. The molecular formula is C20H23NO6. The van der Waals surface area contributed by atoms with Crippen LogP contribution in [0.2, 0.25) is 0 Å². The number of nitro benzene ring substituents is 1. The van der Waals surface area contributed by atoms with Gasteiger partial charge in [-0.3, -0.25) is 14.9 Å². The molecule has 0 saturated heterocycles. The van der Waals surface area contributed by atoms with E-state index in [1.165, 1.54) is 12.1 Å². The number of carbonyl (C=O) groups is 1. The number of ether oxygens (including phenoxy) is 3. The van der Waals surface area contributed by atoms with Gasteiger partial charge in [0, 0.05) is 18.7 Å². The molecule has 0 heterocycles. The minimum atomic E-state index is -0.435. The van der Waals surface area contributed by atoms with E-state index in [0.29, 0.717) is 24.5 Å². The largest absolute Gasteiger partial charge is 0.489 e. The summed E-state index contributed by atoms with van der Waals surface area (Å²) in [5.41, 5.74) is 1.60. The lowest BCUT2D eigenvalue weighted by molar-refractivity contribution is -0.384. The van der Waals surface area contributed by atoms with E-state index >= 15 is 0 Å². The van der Waals surface area contributed by atoms with Crippen molar-refractivity contribution >= 4 is 11.7 Å². The van der Waals surface area contributed by atoms with E-state index in [1.54, 1.807) is 31.2 Å². The van der Waals surface area contributed by atoms with Gasteiger partial charge < -0.3 is 14.2 Å². The molecular weight excluding hydrogens is 350 g/mol. The van der Waals surface area contributed by atoms with E-state index < -0.39 is 4.92 Å². The summed E-state index contributed by atoms with van der Waals surface area (Å²) in [5.74, 6) is 0.318. The highest BCUT2D eigenvalue weighted by atomic mass is 16.6. The fourth-order valence-electron chi connectivity index (χ4n) is 2.55. The van der Waals surface area contributed by atoms with Gasteiger partial charge in [0.1, 0.15) is 12.4 Å². The SMILES string of the molecule is CCOC(=O)CC(OCC)c1ccc(OCc2cccc([N+](=O)[O-])c2)cc1. The van der Waals surface area contributed by atoms with Crippen LogP contribution in [0.3, 0.4) is 0 Å². The van der Waals surface area contributed by atoms with Crippen LogP contribution in [-0.2, 0) is 20.9 Å². The van der Waals surface area contributed by atoms with E-state index in [-0.39, 0.29) is 30.8 Å². The van der Waals surface area contributed by atoms with Crippen molar-refractivity contribution < 1.29 is 23.9 Å². The number of nitro groups is 1. The number of hydrogen-bond donors (Lipinski definition) is 0. The van der Waals surface area contributed by atoms with Crippen molar-refractivity contribution in [2.75, 3.05) is 13.2 Å². The molecule has 0 aliphatic heterocycles. The summed E-state index contributed by atoms with van der Waals surface area (Å²) in [6.45, 7) is 4.67. The molecule has 1 unspecified atom stereocenters. The van der Waals surface area contributed by atoms with Crippen LogP contribution < -0.4 is 4.74 Å². The third kappa shape index (κ3) is 6.38. The molecule has 0 fully saturated rings. The third-order valence-corrected chi connectivity index (χ3v) is 3.80. The second kappa shape index (κ2) is 10.3. The first-order chi connectivity index (χ1) is 13.0. The molecule has 2 aromatic rings. The predicted octanol–water partition coefficient (Wildman–Crippen LogP) is 4.20. The van der Waals surface area contributed by atoms with E-state index in [2.05, 4.69) is 0 Å². The maximum atomic E-state index is 11.7. The maximum Gasteiger partial charge on any atom is 0.308 e. The van der Waals surface area contributed by atoms with Crippen molar-refractivity contribution in [3.05, 3.63) is 69.8 Å². The first kappa shape index (κ1) is 20.4. The van der Waals surface area contributed by atoms with Gasteiger partial charge in [0.05, 0.1) is 24.1 Å². The van der Waals surface area contributed by atoms with Crippen LogP contribution in [0.4, 0.5) is 5.69 Å². The Morgan fingerprint density at radius 3 is 2.48 bits per heavy atom. The second-order valence-electron chi connectivity index (χ2n) is 5.74. The van der Waals surface area contributed by atoms with Crippen molar-refractivity contribution in [2.45, 2.75) is 33.0 Å². The van der Waals surface area contributed by atoms with E-state index in [1.807, 2.05) is 19.1 Å². The Balaban J connectivity index is 1.99. The maximum absolute atomic E-state index is 11.7. The summed E-state index contributed by atoms with van der Waals surface area (Å²) in [7, 11) is 0. The average Bonchev–Trinajstić information content (AvgIpc) is 2.67. The smallest absolute Gasteiger partial charge is 0.308 e. The molecule has 27 heavy (non-hydrogen) atoms. The van der Waals surface area contributed by atoms with Gasteiger partial charge in [-0.15, -0.1) is 0 Å². The second-order valence-corrected chi connectivity index (χ2v) is 5.74. The monoisotopic (exact) mass is 373 g/mol. The number of hydrogen-bond acceptors (Lipinski definition) is 6. The van der Waals surface area contributed by atoms with Crippen LogP contribution in [0.5, 0.6) is 5.75 Å². The molecule has 0 aliphatic carbocycles. The summed E-state index contributed by atoms with van der Waals surface area (Å²) >= 11 is 0. The molecule has 2 aromatic carbocycles. The number of rotatable bonds is 10. The number of carbonyl (C=O) groups excluding carboxylic acids is 1. The lowest BCUT2D eigenvalue weighted by Crippen LogP contribution is -2.13. The van der Waals surface area contributed by atoms with E-state index in [4.69, 9.17) is 14.2 Å². The average molecular weight is 373 g/mol. The minimum absolute atomic E-state index is 0.0324. The summed E-state index contributed by atoms with van der Waals surface area (Å²) in [6, 6.07) is 13.6. The van der Waals surface area contributed by atoms with Crippen molar-refractivity contribution in [1.29, 1.82) is 0 Å². The molecule has 0 spiro atoms. The fourth-order valence-corrected chi connectivity index (χ4v) is 2.55. The highest BCUT2D eigenvalue weighted by molar-refractivity contribution is 5.70. The van der Waals surface area contributed by atoms with Crippen LogP contribution in [0, 0.1) is 10.1 Å². The standard InChI is InChI=1S/C20H23NO6/c1-3-25-19(13-20(22)26-4-2)16-8-10-18(11-9-16)27-14-15-6-5-7-17(12-15)21(23)24/h5-12,19H,3-4,13-14H2,1-2H3. The molecule has 0 saturated carbocycles. The first-order valence-corrected chi connectivity index (χ1v) is 8.76. The number of esters is 1. The fraction of sp³-hybridized carbons (Fsp3) is 0.350. The number of nitrogens with zero attached hydrogens (tertiary/aromatic N) is 1. The zero-order valence-corrected chi connectivity index (χ0v) is 15.4. The lowest BCUT2D eigenvalue weighted by Gasteiger charge is -2.17. The van der Waals surface area contributed by atoms with Crippen LogP contribution in [0.1, 0.15) is 37.5 Å². The Bertz CT molecular complexity index is 759. The molecule has 0 aromatic heterocycles. The van der Waals surface area contributed by atoms with Gasteiger partial charge >= 0.3 is 5.97 Å². The molecule has 0 N–H and O–H groups in total. The molecule has 0 bridgehead atoms. The number of benzene rings is 2. The molecule has 7 nitrogen and oxygen atoms in total. The Hall–Kier alpha value is -2.93. The minimum Gasteiger partial charge on any atom is -0.489 e. The summed E-state index contributed by atoms with van der Waals surface area (Å²) in [5, 5.41) is 10.8. The summed E-state index contributed by atoms with van der Waals surface area (Å²) in [6.07, 6.45) is -0.227. The van der Waals surface area contributed by atoms with Crippen molar-refractivity contribution in [1.82, 2.24) is 0 Å². The molecule has 144 valence electrons. The van der Waals surface area contributed by atoms with E-state index in [9.17, 15) is 14.9 Å². The quantitative estimate of drug-likeness (QED) is 0.352. The molecule has 0 radical (unpaired) electrons. The lowest BCUT2D eigenvalue weighted by atomic mass is 10.1. The molecule has 0 aliphatic rings. The Labute approximate surface area is 158 Å². The van der Waals surface area contributed by atoms with Crippen molar-refractivity contribution in [2.24, 2.45) is 0 Å². The summed E-state index contributed by atoms with van der Waals surface area (Å²) < 4.78 is 16.3. The van der Waals surface area contributed by atoms with Crippen LogP contribution >= 0.6 is 0 Å². The molecule has 2 rings (SSSR count). The van der Waals surface area contributed by atoms with E-state index in [0.717, 1.165) is 5.56 Å². The predicted molar refractivity (Wildman–Crippen MR) is 99.5 cm³/mol. The summed E-state index contributed by atoms with van der Waals surface area (Å²) in [4.78, 5) is 22.1. The number of non-ortho nitro benzene ring substituents is 1. The molecule has 1 atom stereocenters. The first-order valence-electron chi connectivity index (χ1n) is 8.76.